The summed E-state index contributed by atoms with van der Waals surface area (Å²) >= 11 is 0. The summed E-state index contributed by atoms with van der Waals surface area (Å²) in [6, 6.07) is -0.619. The number of nitrogens with one attached hydrogen (secondary N) is 1. The van der Waals surface area contributed by atoms with Gasteiger partial charge in [-0.15, -0.1) is 0 Å². The average molecular weight is 941 g/mol. The van der Waals surface area contributed by atoms with Crippen LogP contribution in [0.4, 0.5) is 0 Å². The standard InChI is InChI=1S/C63H121NO3/c1-3-5-7-9-11-13-15-17-19-20-21-22-23-24-25-26-27-28-29-30-31-32-33-34-35-36-37-38-39-40-41-42-43-44-45-47-49-51-53-55-57-59-63(67)64-61(60-65)62(66)58-56-54-52-50-48-46-18-16-14-12-10-8-6-4-2/h15,17,20-21,56,58,61-62,65-66H,3-14,16,18-19,22-55,57,59-60H2,1-2H3,(H,64,67)/b17-15-,21-20-,58-56+. The number of carbonyl (C=O) groups is 1. The molecular formula is C63H121NO3. The molecule has 0 aliphatic heterocycles. The molecule has 67 heavy (non-hydrogen) atoms. The molecule has 3 N–H and O–H groups in total. The summed E-state index contributed by atoms with van der Waals surface area (Å²) in [5, 5.41) is 23.1. The normalized spacial score (nSPS) is 13.0. The Kier molecular flexibility index (Phi) is 57.7. The van der Waals surface area contributed by atoms with Crippen LogP contribution in [0.1, 0.15) is 341 Å². The molecule has 4 heteroatoms. The molecule has 0 saturated heterocycles. The van der Waals surface area contributed by atoms with Crippen LogP contribution in [0.5, 0.6) is 0 Å². The van der Waals surface area contributed by atoms with Gasteiger partial charge < -0.3 is 15.5 Å². The molecule has 0 spiro atoms. The van der Waals surface area contributed by atoms with E-state index in [1.165, 1.54) is 289 Å². The predicted molar refractivity (Wildman–Crippen MR) is 299 cm³/mol. The summed E-state index contributed by atoms with van der Waals surface area (Å²) in [4.78, 5) is 12.5. The smallest absolute Gasteiger partial charge is 0.220 e. The predicted octanol–water partition coefficient (Wildman–Crippen LogP) is 20.4. The van der Waals surface area contributed by atoms with Crippen molar-refractivity contribution in [2.45, 2.75) is 353 Å². The van der Waals surface area contributed by atoms with Gasteiger partial charge >= 0.3 is 0 Å². The van der Waals surface area contributed by atoms with Crippen molar-refractivity contribution >= 4 is 5.91 Å². The lowest BCUT2D eigenvalue weighted by molar-refractivity contribution is -0.123. The van der Waals surface area contributed by atoms with E-state index in [1.54, 1.807) is 6.08 Å². The van der Waals surface area contributed by atoms with Crippen LogP contribution in [0.25, 0.3) is 0 Å². The van der Waals surface area contributed by atoms with Crippen molar-refractivity contribution in [2.75, 3.05) is 6.61 Å². The van der Waals surface area contributed by atoms with Gasteiger partial charge in [0.25, 0.3) is 0 Å². The molecule has 2 atom stereocenters. The van der Waals surface area contributed by atoms with Gasteiger partial charge in [-0.05, 0) is 51.4 Å². The van der Waals surface area contributed by atoms with E-state index in [4.69, 9.17) is 0 Å². The van der Waals surface area contributed by atoms with E-state index in [-0.39, 0.29) is 12.5 Å². The van der Waals surface area contributed by atoms with Crippen LogP contribution in [0.2, 0.25) is 0 Å². The maximum absolute atomic E-state index is 12.5. The first-order valence-electron chi connectivity index (χ1n) is 30.7. The minimum absolute atomic E-state index is 0.0579. The van der Waals surface area contributed by atoms with Gasteiger partial charge in [0.1, 0.15) is 0 Å². The first-order valence-corrected chi connectivity index (χ1v) is 30.7. The van der Waals surface area contributed by atoms with E-state index >= 15 is 0 Å². The lowest BCUT2D eigenvalue weighted by Gasteiger charge is -2.20. The maximum atomic E-state index is 12.5. The van der Waals surface area contributed by atoms with E-state index in [0.29, 0.717) is 6.42 Å². The molecule has 0 fully saturated rings. The summed E-state index contributed by atoms with van der Waals surface area (Å²) in [6.07, 6.45) is 80.6. The van der Waals surface area contributed by atoms with E-state index in [0.717, 1.165) is 32.1 Å². The summed E-state index contributed by atoms with van der Waals surface area (Å²) in [5.41, 5.74) is 0. The molecule has 1 amide bonds. The van der Waals surface area contributed by atoms with Crippen molar-refractivity contribution in [3.8, 4) is 0 Å². The number of amides is 1. The van der Waals surface area contributed by atoms with Crippen LogP contribution in [-0.4, -0.2) is 34.9 Å². The summed E-state index contributed by atoms with van der Waals surface area (Å²) in [5.74, 6) is -0.0579. The number of hydrogen-bond acceptors (Lipinski definition) is 3. The van der Waals surface area contributed by atoms with E-state index < -0.39 is 12.1 Å². The number of carbonyl (C=O) groups excluding carboxylic acids is 1. The fourth-order valence-corrected chi connectivity index (χ4v) is 9.68. The van der Waals surface area contributed by atoms with Crippen molar-refractivity contribution in [3.05, 3.63) is 36.5 Å². The fraction of sp³-hybridized carbons (Fsp3) is 0.889. The zero-order chi connectivity index (χ0) is 48.5. The number of rotatable bonds is 57. The molecule has 0 aromatic carbocycles. The first kappa shape index (κ1) is 65.6. The molecule has 4 nitrogen and oxygen atoms in total. The van der Waals surface area contributed by atoms with Crippen LogP contribution in [0.15, 0.2) is 36.5 Å². The van der Waals surface area contributed by atoms with Gasteiger partial charge in [0.2, 0.25) is 5.91 Å². The van der Waals surface area contributed by atoms with E-state index in [9.17, 15) is 15.0 Å². The van der Waals surface area contributed by atoms with Gasteiger partial charge in [-0.1, -0.05) is 320 Å². The van der Waals surface area contributed by atoms with E-state index in [2.05, 4.69) is 43.5 Å². The van der Waals surface area contributed by atoms with Crippen molar-refractivity contribution in [3.63, 3.8) is 0 Å². The molecule has 0 aliphatic carbocycles. The van der Waals surface area contributed by atoms with Crippen molar-refractivity contribution < 1.29 is 15.0 Å². The molecule has 0 radical (unpaired) electrons. The van der Waals surface area contributed by atoms with E-state index in [1.807, 2.05) is 6.08 Å². The molecule has 2 unspecified atom stereocenters. The van der Waals surface area contributed by atoms with Crippen LogP contribution < -0.4 is 5.32 Å². The molecular weight excluding hydrogens is 819 g/mol. The summed E-state index contributed by atoms with van der Waals surface area (Å²) in [7, 11) is 0. The Bertz CT molecular complexity index is 1020. The van der Waals surface area contributed by atoms with Gasteiger partial charge in [-0.2, -0.15) is 0 Å². The molecule has 0 aliphatic rings. The average Bonchev–Trinajstić information content (AvgIpc) is 3.33. The molecule has 396 valence electrons. The SMILES string of the molecule is CCCCCCC/C=C\C/C=C\CCCCCCCCCCCCCCCCCCCCCCCCCCCCCCCC(=O)NC(CO)C(O)/C=C/CCCCCCCCCCCCCC. The third-order valence-corrected chi connectivity index (χ3v) is 14.4. The first-order chi connectivity index (χ1) is 33.2. The number of hydrogen-bond donors (Lipinski definition) is 3. The zero-order valence-corrected chi connectivity index (χ0v) is 45.7. The Morgan fingerprint density at radius 1 is 0.358 bits per heavy atom. The molecule has 0 aromatic rings. The highest BCUT2D eigenvalue weighted by Gasteiger charge is 2.18. The topological polar surface area (TPSA) is 69.6 Å². The van der Waals surface area contributed by atoms with Crippen LogP contribution in [-0.2, 0) is 4.79 Å². The minimum atomic E-state index is -0.836. The largest absolute Gasteiger partial charge is 0.394 e. The monoisotopic (exact) mass is 940 g/mol. The van der Waals surface area contributed by atoms with Crippen LogP contribution in [0, 0.1) is 0 Å². The summed E-state index contributed by atoms with van der Waals surface area (Å²) in [6.45, 7) is 4.32. The Labute approximate surface area is 421 Å². The second kappa shape index (κ2) is 58.9. The third-order valence-electron chi connectivity index (χ3n) is 14.4. The summed E-state index contributed by atoms with van der Waals surface area (Å²) < 4.78 is 0. The molecule has 0 aromatic heterocycles. The number of aliphatic hydroxyl groups excluding tert-OH is 2. The number of allylic oxidation sites excluding steroid dienone is 5. The Morgan fingerprint density at radius 2 is 0.612 bits per heavy atom. The molecule has 0 saturated carbocycles. The lowest BCUT2D eigenvalue weighted by Crippen LogP contribution is -2.45. The minimum Gasteiger partial charge on any atom is -0.394 e. The fourth-order valence-electron chi connectivity index (χ4n) is 9.68. The number of unbranched alkanes of at least 4 members (excludes halogenated alkanes) is 46. The second-order valence-electron chi connectivity index (χ2n) is 21.1. The second-order valence-corrected chi connectivity index (χ2v) is 21.1. The molecule has 0 bridgehead atoms. The molecule has 0 heterocycles. The van der Waals surface area contributed by atoms with Crippen molar-refractivity contribution in [2.24, 2.45) is 0 Å². The highest BCUT2D eigenvalue weighted by Crippen LogP contribution is 2.18. The highest BCUT2D eigenvalue weighted by atomic mass is 16.3. The van der Waals surface area contributed by atoms with Gasteiger partial charge in [0.05, 0.1) is 18.8 Å². The quantitative estimate of drug-likeness (QED) is 0.0420. The number of aliphatic hydroxyl groups is 2. The Hall–Kier alpha value is -1.39. The van der Waals surface area contributed by atoms with Gasteiger partial charge in [-0.25, -0.2) is 0 Å². The van der Waals surface area contributed by atoms with Gasteiger partial charge in [0.15, 0.2) is 0 Å². The van der Waals surface area contributed by atoms with Crippen LogP contribution >= 0.6 is 0 Å². The highest BCUT2D eigenvalue weighted by molar-refractivity contribution is 5.76. The van der Waals surface area contributed by atoms with Crippen molar-refractivity contribution in [1.29, 1.82) is 0 Å². The maximum Gasteiger partial charge on any atom is 0.220 e. The Morgan fingerprint density at radius 3 is 0.896 bits per heavy atom. The lowest BCUT2D eigenvalue weighted by atomic mass is 10.0. The van der Waals surface area contributed by atoms with Crippen LogP contribution in [0.3, 0.4) is 0 Å². The van der Waals surface area contributed by atoms with Gasteiger partial charge in [-0.3, -0.25) is 4.79 Å². The molecule has 0 rings (SSSR count). The third kappa shape index (κ3) is 55.4. The Balaban J connectivity index is 3.36. The van der Waals surface area contributed by atoms with Crippen molar-refractivity contribution in [1.82, 2.24) is 5.32 Å². The zero-order valence-electron chi connectivity index (χ0n) is 45.7. The van der Waals surface area contributed by atoms with Gasteiger partial charge in [0, 0.05) is 6.42 Å².